The van der Waals surface area contributed by atoms with E-state index in [-0.39, 0.29) is 29.8 Å². The van der Waals surface area contributed by atoms with Gasteiger partial charge in [0.1, 0.15) is 0 Å². The average Bonchev–Trinajstić information content (AvgIpc) is 2.91. The Kier molecular flexibility index (Phi) is 11.0. The molecule has 2 amide bonds. The molecular weight excluding hydrogens is 446 g/mol. The molecule has 0 spiro atoms. The van der Waals surface area contributed by atoms with Crippen molar-refractivity contribution in [3.8, 4) is 0 Å². The van der Waals surface area contributed by atoms with E-state index < -0.39 is 0 Å². The Bertz CT molecular complexity index is 884. The number of unbranched alkanes of at least 4 members (excludes halogenated alkanes) is 1. The molecule has 1 saturated heterocycles. The predicted molar refractivity (Wildman–Crippen MR) is 148 cm³/mol. The highest BCUT2D eigenvalue weighted by Gasteiger charge is 2.29. The van der Waals surface area contributed by atoms with Gasteiger partial charge in [0.2, 0.25) is 11.8 Å². The van der Waals surface area contributed by atoms with Crippen molar-refractivity contribution in [2.24, 2.45) is 5.92 Å². The normalized spacial score (nSPS) is 15.3. The van der Waals surface area contributed by atoms with Gasteiger partial charge in [-0.2, -0.15) is 0 Å². The van der Waals surface area contributed by atoms with Crippen LogP contribution in [-0.2, 0) is 9.59 Å². The number of hydrogen-bond donors (Lipinski definition) is 0. The van der Waals surface area contributed by atoms with Crippen LogP contribution in [0.2, 0.25) is 0 Å². The number of nitrogens with zero attached hydrogens (tertiary/aromatic N) is 3. The molecule has 2 aromatic rings. The second-order valence-electron chi connectivity index (χ2n) is 10.3. The number of benzene rings is 2. The Morgan fingerprint density at radius 3 is 1.89 bits per heavy atom. The highest BCUT2D eigenvalue weighted by atomic mass is 16.2. The first kappa shape index (κ1) is 27.9. The quantitative estimate of drug-likeness (QED) is 0.379. The molecule has 1 unspecified atom stereocenters. The summed E-state index contributed by atoms with van der Waals surface area (Å²) in [6, 6.07) is 21.6. The molecule has 0 N–H and O–H groups in total. The molecular formula is C31H45N3O2. The maximum atomic E-state index is 13.2. The van der Waals surface area contributed by atoms with Gasteiger partial charge in [-0.15, -0.1) is 0 Å². The van der Waals surface area contributed by atoms with Crippen molar-refractivity contribution in [1.29, 1.82) is 0 Å². The van der Waals surface area contributed by atoms with Crippen LogP contribution in [0.25, 0.3) is 0 Å². The summed E-state index contributed by atoms with van der Waals surface area (Å²) in [6.45, 7) is 12.0. The molecule has 196 valence electrons. The molecule has 0 bridgehead atoms. The van der Waals surface area contributed by atoms with Crippen LogP contribution < -0.4 is 0 Å². The van der Waals surface area contributed by atoms with E-state index >= 15 is 0 Å². The number of carbonyl (C=O) groups is 2. The van der Waals surface area contributed by atoms with E-state index in [9.17, 15) is 9.59 Å². The van der Waals surface area contributed by atoms with E-state index in [1.54, 1.807) is 0 Å². The van der Waals surface area contributed by atoms with Gasteiger partial charge in [-0.1, -0.05) is 87.4 Å². The van der Waals surface area contributed by atoms with Crippen molar-refractivity contribution in [2.75, 3.05) is 32.7 Å². The van der Waals surface area contributed by atoms with Crippen molar-refractivity contribution < 1.29 is 9.59 Å². The van der Waals surface area contributed by atoms with Gasteiger partial charge in [-0.05, 0) is 37.8 Å². The van der Waals surface area contributed by atoms with Gasteiger partial charge in [0.15, 0.2) is 0 Å². The van der Waals surface area contributed by atoms with Crippen LogP contribution in [0.1, 0.15) is 77.0 Å². The monoisotopic (exact) mass is 491 g/mol. The minimum atomic E-state index is 0.0684. The first-order chi connectivity index (χ1) is 17.5. The minimum Gasteiger partial charge on any atom is -0.340 e. The molecule has 0 radical (unpaired) electrons. The van der Waals surface area contributed by atoms with Gasteiger partial charge >= 0.3 is 0 Å². The summed E-state index contributed by atoms with van der Waals surface area (Å²) >= 11 is 0. The fourth-order valence-electron chi connectivity index (χ4n) is 5.30. The lowest BCUT2D eigenvalue weighted by molar-refractivity contribution is -0.139. The second kappa shape index (κ2) is 14.2. The zero-order chi connectivity index (χ0) is 25.9. The third kappa shape index (κ3) is 7.42. The van der Waals surface area contributed by atoms with Crippen molar-refractivity contribution in [3.05, 3.63) is 71.8 Å². The summed E-state index contributed by atoms with van der Waals surface area (Å²) in [5, 5.41) is 0. The largest absolute Gasteiger partial charge is 0.340 e. The second-order valence-corrected chi connectivity index (χ2v) is 10.3. The third-order valence-corrected chi connectivity index (χ3v) is 7.48. The lowest BCUT2D eigenvalue weighted by atomic mass is 9.96. The van der Waals surface area contributed by atoms with E-state index in [2.05, 4.69) is 93.3 Å². The summed E-state index contributed by atoms with van der Waals surface area (Å²) in [4.78, 5) is 32.7. The molecule has 36 heavy (non-hydrogen) atoms. The SMILES string of the molecule is CCCCC(CC)C(=O)N(CCC(=O)N1CCN(C(c2ccccc2)c2ccccc2)CC1)C(C)C. The van der Waals surface area contributed by atoms with E-state index in [4.69, 9.17) is 0 Å². The molecule has 0 saturated carbocycles. The van der Waals surface area contributed by atoms with Crippen LogP contribution >= 0.6 is 0 Å². The molecule has 5 nitrogen and oxygen atoms in total. The lowest BCUT2D eigenvalue weighted by Gasteiger charge is -2.40. The number of hydrogen-bond acceptors (Lipinski definition) is 3. The topological polar surface area (TPSA) is 43.9 Å². The van der Waals surface area contributed by atoms with Gasteiger partial charge in [0.25, 0.3) is 0 Å². The smallest absolute Gasteiger partial charge is 0.225 e. The molecule has 5 heteroatoms. The molecule has 1 fully saturated rings. The molecule has 0 aromatic heterocycles. The van der Waals surface area contributed by atoms with E-state index in [1.165, 1.54) is 11.1 Å². The summed E-state index contributed by atoms with van der Waals surface area (Å²) in [5.74, 6) is 0.441. The van der Waals surface area contributed by atoms with Crippen LogP contribution in [0, 0.1) is 5.92 Å². The molecule has 1 aliphatic rings. The third-order valence-electron chi connectivity index (χ3n) is 7.48. The fraction of sp³-hybridized carbons (Fsp3) is 0.548. The summed E-state index contributed by atoms with van der Waals surface area (Å²) in [6.07, 6.45) is 4.38. The Labute approximate surface area is 218 Å². The van der Waals surface area contributed by atoms with Crippen LogP contribution in [0.4, 0.5) is 0 Å². The number of carbonyl (C=O) groups excluding carboxylic acids is 2. The fourth-order valence-corrected chi connectivity index (χ4v) is 5.30. The molecule has 1 heterocycles. The maximum Gasteiger partial charge on any atom is 0.225 e. The van der Waals surface area contributed by atoms with Gasteiger partial charge in [0.05, 0.1) is 6.04 Å². The first-order valence-corrected chi connectivity index (χ1v) is 13.9. The van der Waals surface area contributed by atoms with Gasteiger partial charge in [-0.25, -0.2) is 0 Å². The standard InChI is InChI=1S/C31H45N3O2/c1-5-7-14-26(6-2)31(36)34(25(3)4)20-19-29(35)32-21-23-33(24-22-32)30(27-15-10-8-11-16-27)28-17-12-9-13-18-28/h8-13,15-18,25-26,30H,5-7,14,19-24H2,1-4H3. The van der Waals surface area contributed by atoms with E-state index in [0.29, 0.717) is 13.0 Å². The number of piperazine rings is 1. The van der Waals surface area contributed by atoms with Gasteiger partial charge in [-0.3, -0.25) is 14.5 Å². The van der Waals surface area contributed by atoms with E-state index in [0.717, 1.165) is 51.9 Å². The van der Waals surface area contributed by atoms with Crippen molar-refractivity contribution >= 4 is 11.8 Å². The van der Waals surface area contributed by atoms with Gasteiger partial charge < -0.3 is 9.80 Å². The summed E-state index contributed by atoms with van der Waals surface area (Å²) in [7, 11) is 0. The Morgan fingerprint density at radius 2 is 1.42 bits per heavy atom. The van der Waals surface area contributed by atoms with Gasteiger partial charge in [0, 0.05) is 51.1 Å². The predicted octanol–water partition coefficient (Wildman–Crippen LogP) is 5.76. The molecule has 0 aliphatic carbocycles. The van der Waals surface area contributed by atoms with Crippen LogP contribution in [0.3, 0.4) is 0 Å². The zero-order valence-corrected chi connectivity index (χ0v) is 22.7. The molecule has 1 atom stereocenters. The molecule has 2 aromatic carbocycles. The summed E-state index contributed by atoms with van der Waals surface area (Å²) < 4.78 is 0. The highest BCUT2D eigenvalue weighted by molar-refractivity contribution is 5.81. The molecule has 3 rings (SSSR count). The number of amides is 2. The van der Waals surface area contributed by atoms with Crippen molar-refractivity contribution in [3.63, 3.8) is 0 Å². The zero-order valence-electron chi connectivity index (χ0n) is 22.7. The van der Waals surface area contributed by atoms with Crippen molar-refractivity contribution in [1.82, 2.24) is 14.7 Å². The van der Waals surface area contributed by atoms with Crippen LogP contribution in [-0.4, -0.2) is 65.3 Å². The number of rotatable bonds is 12. The van der Waals surface area contributed by atoms with E-state index in [1.807, 2.05) is 9.80 Å². The Hall–Kier alpha value is -2.66. The first-order valence-electron chi connectivity index (χ1n) is 13.9. The Morgan fingerprint density at radius 1 is 0.861 bits per heavy atom. The highest BCUT2D eigenvalue weighted by Crippen LogP contribution is 2.29. The van der Waals surface area contributed by atoms with Crippen LogP contribution in [0.5, 0.6) is 0 Å². The lowest BCUT2D eigenvalue weighted by Crippen LogP contribution is -2.50. The summed E-state index contributed by atoms with van der Waals surface area (Å²) in [5.41, 5.74) is 2.56. The maximum absolute atomic E-state index is 13.2. The van der Waals surface area contributed by atoms with Crippen LogP contribution in [0.15, 0.2) is 60.7 Å². The minimum absolute atomic E-state index is 0.0684. The Balaban J connectivity index is 1.59. The molecule has 1 aliphatic heterocycles. The van der Waals surface area contributed by atoms with Crippen molar-refractivity contribution in [2.45, 2.75) is 71.9 Å². The average molecular weight is 492 g/mol.